The van der Waals surface area contributed by atoms with Gasteiger partial charge in [0.05, 0.1) is 0 Å². The first-order valence-electron chi connectivity index (χ1n) is 6.89. The molecule has 8 heteroatoms. The number of aromatic nitrogens is 4. The Morgan fingerprint density at radius 2 is 1.86 bits per heavy atom. The third-order valence-electron chi connectivity index (χ3n) is 4.11. The second-order valence-corrected chi connectivity index (χ2v) is 5.43. The average molecular weight is 291 g/mol. The van der Waals surface area contributed by atoms with Gasteiger partial charge in [0, 0.05) is 33.1 Å². The lowest BCUT2D eigenvalue weighted by Gasteiger charge is -2.29. The van der Waals surface area contributed by atoms with E-state index in [0.717, 1.165) is 23.7 Å². The van der Waals surface area contributed by atoms with E-state index in [1.165, 1.54) is 11.6 Å². The minimum absolute atomic E-state index is 0.0999. The molecule has 0 saturated carbocycles. The molecule has 0 atom stereocenters. The molecular formula is C13H17N5O3. The van der Waals surface area contributed by atoms with E-state index in [2.05, 4.69) is 9.97 Å². The Kier molecular flexibility index (Phi) is 3.15. The second-order valence-electron chi connectivity index (χ2n) is 5.43. The van der Waals surface area contributed by atoms with Crippen molar-refractivity contribution in [1.82, 2.24) is 19.1 Å². The lowest BCUT2D eigenvalue weighted by Crippen LogP contribution is -2.36. The van der Waals surface area contributed by atoms with Crippen LogP contribution in [0.4, 0.5) is 5.95 Å². The van der Waals surface area contributed by atoms with Crippen molar-refractivity contribution in [3.63, 3.8) is 0 Å². The van der Waals surface area contributed by atoms with E-state index < -0.39 is 5.69 Å². The van der Waals surface area contributed by atoms with Crippen LogP contribution >= 0.6 is 0 Å². The molecule has 112 valence electrons. The maximum atomic E-state index is 12.1. The van der Waals surface area contributed by atoms with Crippen LogP contribution in [0.5, 0.6) is 0 Å². The molecular weight excluding hydrogens is 274 g/mol. The summed E-state index contributed by atoms with van der Waals surface area (Å²) in [7, 11) is 3.04. The molecule has 1 saturated heterocycles. The number of fused-ring (bicyclic) bond motifs is 1. The second kappa shape index (κ2) is 4.87. The Balaban J connectivity index is 2.05. The molecule has 21 heavy (non-hydrogen) atoms. The van der Waals surface area contributed by atoms with Gasteiger partial charge >= 0.3 is 5.69 Å². The van der Waals surface area contributed by atoms with Gasteiger partial charge in [-0.3, -0.25) is 13.9 Å². The van der Waals surface area contributed by atoms with E-state index in [1.54, 1.807) is 7.05 Å². The normalized spacial score (nSPS) is 16.6. The molecule has 0 bridgehead atoms. The first-order chi connectivity index (χ1) is 10.0. The summed E-state index contributed by atoms with van der Waals surface area (Å²) >= 11 is 0. The zero-order valence-corrected chi connectivity index (χ0v) is 12.0. The molecule has 8 nitrogen and oxygen atoms in total. The maximum absolute atomic E-state index is 12.1. The fourth-order valence-electron chi connectivity index (χ4n) is 2.71. The number of imidazole rings is 1. The van der Waals surface area contributed by atoms with Crippen molar-refractivity contribution < 1.29 is 4.79 Å². The quantitative estimate of drug-likeness (QED) is 0.744. The van der Waals surface area contributed by atoms with Gasteiger partial charge < -0.3 is 14.7 Å². The van der Waals surface area contributed by atoms with Gasteiger partial charge in [0.1, 0.15) is 6.29 Å². The predicted octanol–water partition coefficient (Wildman–Crippen LogP) is -0.624. The largest absolute Gasteiger partial charge is 0.342 e. The van der Waals surface area contributed by atoms with Crippen LogP contribution in [0.2, 0.25) is 0 Å². The number of H-pyrrole nitrogens is 1. The number of piperidine rings is 1. The van der Waals surface area contributed by atoms with Crippen LogP contribution in [0, 0.1) is 5.92 Å². The third-order valence-corrected chi connectivity index (χ3v) is 4.11. The average Bonchev–Trinajstić information content (AvgIpc) is 2.96. The van der Waals surface area contributed by atoms with Gasteiger partial charge in [-0.2, -0.15) is 4.98 Å². The number of aldehydes is 1. The number of rotatable bonds is 2. The topological polar surface area (TPSA) is 93.0 Å². The van der Waals surface area contributed by atoms with Gasteiger partial charge in [-0.15, -0.1) is 0 Å². The van der Waals surface area contributed by atoms with Crippen molar-refractivity contribution in [3.8, 4) is 0 Å². The van der Waals surface area contributed by atoms with Crippen molar-refractivity contribution in [3.05, 3.63) is 20.8 Å². The van der Waals surface area contributed by atoms with Gasteiger partial charge in [-0.05, 0) is 12.8 Å². The molecule has 3 heterocycles. The molecule has 1 N–H and O–H groups in total. The molecule has 1 aliphatic rings. The Morgan fingerprint density at radius 1 is 1.19 bits per heavy atom. The van der Waals surface area contributed by atoms with Gasteiger partial charge in [0.2, 0.25) is 5.95 Å². The summed E-state index contributed by atoms with van der Waals surface area (Å²) in [4.78, 5) is 44.2. The summed E-state index contributed by atoms with van der Waals surface area (Å²) < 4.78 is 2.41. The SMILES string of the molecule is Cn1c(=O)c2[nH]c(N3CCC(C=O)CC3)nc2n(C)c1=O. The van der Waals surface area contributed by atoms with Crippen LogP contribution in [0.1, 0.15) is 12.8 Å². The maximum Gasteiger partial charge on any atom is 0.332 e. The fourth-order valence-corrected chi connectivity index (χ4v) is 2.71. The summed E-state index contributed by atoms with van der Waals surface area (Å²) in [5, 5.41) is 0. The van der Waals surface area contributed by atoms with E-state index in [4.69, 9.17) is 0 Å². The monoisotopic (exact) mass is 291 g/mol. The number of nitrogens with zero attached hydrogens (tertiary/aromatic N) is 4. The standard InChI is InChI=1S/C13H17N5O3/c1-16-10-9(11(20)17(2)13(16)21)14-12(15-10)18-5-3-8(7-19)4-6-18/h7-8H,3-6H2,1-2H3,(H,14,15). The first-order valence-corrected chi connectivity index (χ1v) is 6.89. The molecule has 0 radical (unpaired) electrons. The smallest absolute Gasteiger partial charge is 0.332 e. The number of aryl methyl sites for hydroxylation is 1. The lowest BCUT2D eigenvalue weighted by atomic mass is 9.99. The lowest BCUT2D eigenvalue weighted by molar-refractivity contribution is -0.111. The number of hydrogen-bond acceptors (Lipinski definition) is 5. The van der Waals surface area contributed by atoms with E-state index >= 15 is 0 Å². The fraction of sp³-hybridized carbons (Fsp3) is 0.538. The Labute approximate surface area is 120 Å². The summed E-state index contributed by atoms with van der Waals surface area (Å²) in [5.41, 5.74) is -0.0948. The Bertz CT molecular complexity index is 808. The van der Waals surface area contributed by atoms with Crippen molar-refractivity contribution in [2.75, 3.05) is 18.0 Å². The van der Waals surface area contributed by atoms with Crippen LogP contribution < -0.4 is 16.1 Å². The number of carbonyl (C=O) groups excluding carboxylic acids is 1. The van der Waals surface area contributed by atoms with Gasteiger partial charge in [-0.25, -0.2) is 4.79 Å². The minimum atomic E-state index is -0.398. The number of hydrogen-bond donors (Lipinski definition) is 1. The third kappa shape index (κ3) is 2.07. The first kappa shape index (κ1) is 13.6. The van der Waals surface area contributed by atoms with Crippen molar-refractivity contribution >= 4 is 23.4 Å². The highest BCUT2D eigenvalue weighted by molar-refractivity contribution is 5.73. The predicted molar refractivity (Wildman–Crippen MR) is 77.6 cm³/mol. The van der Waals surface area contributed by atoms with Crippen molar-refractivity contribution in [1.29, 1.82) is 0 Å². The number of anilines is 1. The van der Waals surface area contributed by atoms with Crippen LogP contribution in [-0.2, 0) is 18.9 Å². The highest BCUT2D eigenvalue weighted by Crippen LogP contribution is 2.21. The summed E-state index contributed by atoms with van der Waals surface area (Å²) in [5.74, 6) is 0.676. The summed E-state index contributed by atoms with van der Waals surface area (Å²) in [6.45, 7) is 1.41. The minimum Gasteiger partial charge on any atom is -0.342 e. The molecule has 0 amide bonds. The molecule has 1 fully saturated rings. The van der Waals surface area contributed by atoms with Crippen LogP contribution in [-0.4, -0.2) is 38.5 Å². The molecule has 2 aromatic rings. The highest BCUT2D eigenvalue weighted by atomic mass is 16.2. The number of nitrogens with one attached hydrogen (secondary N) is 1. The molecule has 0 aliphatic carbocycles. The molecule has 0 aromatic carbocycles. The van der Waals surface area contributed by atoms with Crippen molar-refractivity contribution in [2.45, 2.75) is 12.8 Å². The molecule has 2 aromatic heterocycles. The molecule has 0 spiro atoms. The summed E-state index contributed by atoms with van der Waals surface area (Å²) in [6.07, 6.45) is 2.55. The van der Waals surface area contributed by atoms with E-state index in [-0.39, 0.29) is 11.5 Å². The van der Waals surface area contributed by atoms with E-state index in [9.17, 15) is 14.4 Å². The number of carbonyl (C=O) groups is 1. The molecule has 1 aliphatic heterocycles. The Morgan fingerprint density at radius 3 is 2.48 bits per heavy atom. The Hall–Kier alpha value is -2.38. The van der Waals surface area contributed by atoms with Crippen LogP contribution in [0.25, 0.3) is 11.2 Å². The number of aromatic amines is 1. The van der Waals surface area contributed by atoms with Crippen molar-refractivity contribution in [2.24, 2.45) is 20.0 Å². The molecule has 3 rings (SSSR count). The van der Waals surface area contributed by atoms with Crippen LogP contribution in [0.3, 0.4) is 0 Å². The zero-order valence-electron chi connectivity index (χ0n) is 12.0. The van der Waals surface area contributed by atoms with Gasteiger partial charge in [-0.1, -0.05) is 0 Å². The summed E-state index contributed by atoms with van der Waals surface area (Å²) in [6, 6.07) is 0. The molecule has 0 unspecified atom stereocenters. The van der Waals surface area contributed by atoms with E-state index in [0.29, 0.717) is 30.2 Å². The highest BCUT2D eigenvalue weighted by Gasteiger charge is 2.22. The zero-order chi connectivity index (χ0) is 15.1. The van der Waals surface area contributed by atoms with E-state index in [1.807, 2.05) is 4.90 Å². The van der Waals surface area contributed by atoms with Gasteiger partial charge in [0.25, 0.3) is 5.56 Å². The van der Waals surface area contributed by atoms with Crippen LogP contribution in [0.15, 0.2) is 9.59 Å². The van der Waals surface area contributed by atoms with Gasteiger partial charge in [0.15, 0.2) is 11.2 Å².